The molecular formula is C19H26ClN5O. The van der Waals surface area contributed by atoms with Gasteiger partial charge in [-0.2, -0.15) is 10.1 Å². The maximum atomic E-state index is 5.66. The fourth-order valence-electron chi connectivity index (χ4n) is 6.50. The van der Waals surface area contributed by atoms with Crippen LogP contribution in [0.4, 0.5) is 0 Å². The minimum Gasteiger partial charge on any atom is -0.332 e. The molecule has 0 amide bonds. The smallest absolute Gasteiger partial charge is 0.278 e. The molecule has 4 bridgehead atoms. The lowest BCUT2D eigenvalue weighted by Crippen LogP contribution is -2.49. The van der Waals surface area contributed by atoms with Gasteiger partial charge in [0.05, 0.1) is 0 Å². The lowest BCUT2D eigenvalue weighted by atomic mass is 9.49. The second-order valence-electron chi connectivity index (χ2n) is 9.02. The van der Waals surface area contributed by atoms with Crippen molar-refractivity contribution in [2.45, 2.75) is 56.3 Å². The van der Waals surface area contributed by atoms with E-state index < -0.39 is 0 Å². The number of hydrogen-bond acceptors (Lipinski definition) is 5. The summed E-state index contributed by atoms with van der Waals surface area (Å²) < 4.78 is 5.66. The second-order valence-corrected chi connectivity index (χ2v) is 9.02. The van der Waals surface area contributed by atoms with Crippen molar-refractivity contribution in [3.63, 3.8) is 0 Å². The fourth-order valence-corrected chi connectivity index (χ4v) is 6.50. The van der Waals surface area contributed by atoms with Crippen molar-refractivity contribution in [3.05, 3.63) is 17.6 Å². The van der Waals surface area contributed by atoms with Crippen molar-refractivity contribution in [2.75, 3.05) is 13.1 Å². The van der Waals surface area contributed by atoms with Crippen LogP contribution in [0.2, 0.25) is 0 Å². The van der Waals surface area contributed by atoms with Crippen LogP contribution in [0.3, 0.4) is 0 Å². The minimum atomic E-state index is 0. The minimum absolute atomic E-state index is 0. The summed E-state index contributed by atoms with van der Waals surface area (Å²) >= 11 is 0. The molecule has 26 heavy (non-hydrogen) atoms. The quantitative estimate of drug-likeness (QED) is 0.859. The van der Waals surface area contributed by atoms with Crippen LogP contribution in [0.25, 0.3) is 11.6 Å². The van der Waals surface area contributed by atoms with Crippen LogP contribution in [-0.4, -0.2) is 33.4 Å². The molecule has 3 heterocycles. The molecule has 1 aliphatic heterocycles. The molecule has 6 nitrogen and oxygen atoms in total. The standard InChI is InChI=1S/C19H25N5O.ClH/c1-2-20-10-14(1)15-6-16(23-22-15)17-21-18(24-25-17)19-7-11-3-12(8-19)5-13(4-11)9-19;/h6,11-14,20H,1-5,7-10H2,(H,22,23);1H. The average molecular weight is 376 g/mol. The maximum Gasteiger partial charge on any atom is 0.278 e. The van der Waals surface area contributed by atoms with E-state index in [-0.39, 0.29) is 17.8 Å². The number of aromatic amines is 1. The van der Waals surface area contributed by atoms with E-state index in [0.717, 1.165) is 48.8 Å². The van der Waals surface area contributed by atoms with E-state index in [4.69, 9.17) is 9.51 Å². The topological polar surface area (TPSA) is 79.6 Å². The van der Waals surface area contributed by atoms with Crippen LogP contribution in [0.5, 0.6) is 0 Å². The number of nitrogens with zero attached hydrogens (tertiary/aromatic N) is 3. The monoisotopic (exact) mass is 375 g/mol. The summed E-state index contributed by atoms with van der Waals surface area (Å²) in [6.07, 6.45) is 9.24. The maximum absolute atomic E-state index is 5.66. The van der Waals surface area contributed by atoms with E-state index in [1.54, 1.807) is 0 Å². The zero-order valence-corrected chi connectivity index (χ0v) is 15.7. The number of hydrogen-bond donors (Lipinski definition) is 2. The van der Waals surface area contributed by atoms with E-state index in [2.05, 4.69) is 26.7 Å². The highest BCUT2D eigenvalue weighted by molar-refractivity contribution is 5.85. The van der Waals surface area contributed by atoms with Gasteiger partial charge in [0.1, 0.15) is 0 Å². The third-order valence-corrected chi connectivity index (χ3v) is 7.26. The van der Waals surface area contributed by atoms with Gasteiger partial charge in [0.15, 0.2) is 11.5 Å². The molecule has 7 rings (SSSR count). The Balaban J connectivity index is 0.00000150. The molecule has 0 radical (unpaired) electrons. The van der Waals surface area contributed by atoms with Gasteiger partial charge in [-0.15, -0.1) is 12.4 Å². The zero-order valence-electron chi connectivity index (χ0n) is 14.9. The van der Waals surface area contributed by atoms with Crippen molar-refractivity contribution in [1.29, 1.82) is 0 Å². The fraction of sp³-hybridized carbons (Fsp3) is 0.737. The van der Waals surface area contributed by atoms with E-state index in [1.165, 1.54) is 44.2 Å². The Morgan fingerprint density at radius 3 is 2.46 bits per heavy atom. The molecule has 1 saturated heterocycles. The van der Waals surface area contributed by atoms with Crippen molar-refractivity contribution in [3.8, 4) is 11.6 Å². The Morgan fingerprint density at radius 1 is 1.08 bits per heavy atom. The van der Waals surface area contributed by atoms with Crippen molar-refractivity contribution in [2.24, 2.45) is 17.8 Å². The molecule has 7 heteroatoms. The Kier molecular flexibility index (Phi) is 3.90. The first-order valence-corrected chi connectivity index (χ1v) is 9.88. The van der Waals surface area contributed by atoms with Gasteiger partial charge < -0.3 is 9.84 Å². The molecule has 140 valence electrons. The molecule has 5 fully saturated rings. The molecule has 4 aliphatic carbocycles. The summed E-state index contributed by atoms with van der Waals surface area (Å²) in [6, 6.07) is 2.09. The summed E-state index contributed by atoms with van der Waals surface area (Å²) in [5, 5.41) is 15.5. The molecule has 0 spiro atoms. The molecule has 5 aliphatic rings. The highest BCUT2D eigenvalue weighted by Crippen LogP contribution is 2.60. The summed E-state index contributed by atoms with van der Waals surface area (Å²) in [6.45, 7) is 2.10. The van der Waals surface area contributed by atoms with Crippen molar-refractivity contribution < 1.29 is 4.52 Å². The van der Waals surface area contributed by atoms with Gasteiger partial charge >= 0.3 is 0 Å². The van der Waals surface area contributed by atoms with Crippen LogP contribution in [0.1, 0.15) is 62.4 Å². The van der Waals surface area contributed by atoms with Gasteiger partial charge in [-0.1, -0.05) is 5.16 Å². The van der Waals surface area contributed by atoms with Crippen LogP contribution in [-0.2, 0) is 5.41 Å². The van der Waals surface area contributed by atoms with Gasteiger partial charge in [0, 0.05) is 23.6 Å². The van der Waals surface area contributed by atoms with Gasteiger partial charge in [0.2, 0.25) is 0 Å². The first kappa shape index (κ1) is 16.8. The van der Waals surface area contributed by atoms with Gasteiger partial charge in [-0.25, -0.2) is 0 Å². The molecular weight excluding hydrogens is 350 g/mol. The van der Waals surface area contributed by atoms with Crippen LogP contribution >= 0.6 is 12.4 Å². The van der Waals surface area contributed by atoms with Crippen LogP contribution in [0.15, 0.2) is 10.6 Å². The highest BCUT2D eigenvalue weighted by atomic mass is 35.5. The molecule has 1 unspecified atom stereocenters. The van der Waals surface area contributed by atoms with Gasteiger partial charge in [0.25, 0.3) is 5.89 Å². The summed E-state index contributed by atoms with van der Waals surface area (Å²) in [4.78, 5) is 4.83. The highest BCUT2D eigenvalue weighted by Gasteiger charge is 2.53. The normalized spacial score (nSPS) is 37.8. The average Bonchev–Trinajstić information content (AvgIpc) is 3.34. The van der Waals surface area contributed by atoms with Gasteiger partial charge in [-0.3, -0.25) is 5.10 Å². The van der Waals surface area contributed by atoms with E-state index in [1.807, 2.05) is 0 Å². The van der Waals surface area contributed by atoms with Gasteiger partial charge in [-0.05, 0) is 75.3 Å². The Bertz CT molecular complexity index is 758. The summed E-state index contributed by atoms with van der Waals surface area (Å²) in [5.41, 5.74) is 2.16. The number of nitrogens with one attached hydrogen (secondary N) is 2. The third-order valence-electron chi connectivity index (χ3n) is 7.26. The number of aromatic nitrogens is 4. The molecule has 2 aromatic heterocycles. The predicted octanol–water partition coefficient (Wildman–Crippen LogP) is 3.43. The SMILES string of the molecule is Cl.c1c(-c2nc(C34CC5CC(CC(C5)C3)C4)no2)n[nH]c1C1CCNC1. The first-order valence-electron chi connectivity index (χ1n) is 9.88. The predicted molar refractivity (Wildman–Crippen MR) is 99.2 cm³/mol. The van der Waals surface area contributed by atoms with E-state index in [0.29, 0.717) is 11.8 Å². The molecule has 2 N–H and O–H groups in total. The number of H-pyrrole nitrogens is 1. The lowest BCUT2D eigenvalue weighted by molar-refractivity contribution is -0.0103. The van der Waals surface area contributed by atoms with Crippen molar-refractivity contribution in [1.82, 2.24) is 25.7 Å². The van der Waals surface area contributed by atoms with E-state index >= 15 is 0 Å². The van der Waals surface area contributed by atoms with Crippen LogP contribution < -0.4 is 5.32 Å². The van der Waals surface area contributed by atoms with Crippen molar-refractivity contribution >= 4 is 12.4 Å². The largest absolute Gasteiger partial charge is 0.332 e. The Morgan fingerprint density at radius 2 is 1.81 bits per heavy atom. The summed E-state index contributed by atoms with van der Waals surface area (Å²) in [5.74, 6) is 4.72. The number of rotatable bonds is 3. The Hall–Kier alpha value is -1.40. The Labute approximate surface area is 159 Å². The zero-order chi connectivity index (χ0) is 16.4. The second kappa shape index (κ2) is 6.06. The molecule has 2 aromatic rings. The molecule has 4 saturated carbocycles. The lowest BCUT2D eigenvalue weighted by Gasteiger charge is -2.55. The number of halogens is 1. The first-order chi connectivity index (χ1) is 12.3. The third kappa shape index (κ3) is 2.53. The summed E-state index contributed by atoms with van der Waals surface area (Å²) in [7, 11) is 0. The van der Waals surface area contributed by atoms with E-state index in [9.17, 15) is 0 Å². The molecule has 0 aromatic carbocycles. The molecule has 1 atom stereocenters. The van der Waals surface area contributed by atoms with Crippen LogP contribution in [0, 0.1) is 17.8 Å².